The van der Waals surface area contributed by atoms with Crippen LogP contribution in [0, 0.1) is 0 Å². The van der Waals surface area contributed by atoms with Crippen molar-refractivity contribution in [2.75, 3.05) is 25.1 Å². The largest absolute Gasteiger partial charge is 0.397 e. The normalized spacial score (nSPS) is 24.0. The second-order valence-corrected chi connectivity index (χ2v) is 6.69. The van der Waals surface area contributed by atoms with E-state index in [2.05, 4.69) is 48.3 Å². The van der Waals surface area contributed by atoms with E-state index in [1.165, 1.54) is 35.1 Å². The number of hydrogen-bond donors (Lipinski definition) is 2. The van der Waals surface area contributed by atoms with Crippen LogP contribution in [0.2, 0.25) is 0 Å². The molecule has 1 heterocycles. The maximum absolute atomic E-state index is 6.13. The van der Waals surface area contributed by atoms with Crippen LogP contribution in [0.15, 0.2) is 36.4 Å². The van der Waals surface area contributed by atoms with Crippen LogP contribution in [-0.2, 0) is 12.8 Å². The molecule has 4 N–H and O–H groups in total. The zero-order valence-corrected chi connectivity index (χ0v) is 13.0. The average Bonchev–Trinajstić information content (AvgIpc) is 2.66. The number of benzene rings is 2. The molecule has 114 valence electrons. The van der Waals surface area contributed by atoms with E-state index in [0.29, 0.717) is 23.3 Å². The van der Waals surface area contributed by atoms with Gasteiger partial charge < -0.3 is 16.4 Å². The fourth-order valence-corrected chi connectivity index (χ4v) is 4.26. The highest BCUT2D eigenvalue weighted by Crippen LogP contribution is 2.43. The maximum atomic E-state index is 6.13. The Labute approximate surface area is 131 Å². The first-order chi connectivity index (χ1) is 10.6. The van der Waals surface area contributed by atoms with E-state index in [-0.39, 0.29) is 0 Å². The van der Waals surface area contributed by atoms with Crippen molar-refractivity contribution in [3.8, 4) is 0 Å². The number of aryl methyl sites for hydroxylation is 1. The Morgan fingerprint density at radius 1 is 0.955 bits per heavy atom. The van der Waals surface area contributed by atoms with Gasteiger partial charge in [-0.2, -0.15) is 0 Å². The highest BCUT2D eigenvalue weighted by atomic mass is 15.1. The standard InChI is InChI=1S/C19H23N3/c1-22-9-8-13-10-16(20)17(21)11-15(13)19-14-5-3-2-4-12(14)6-7-18(19)22/h2-5,10-11,18-19H,6-9,20-21H2,1H3/t18-,19+/m0/s1. The van der Waals surface area contributed by atoms with E-state index >= 15 is 0 Å². The average molecular weight is 293 g/mol. The molecule has 0 amide bonds. The molecule has 22 heavy (non-hydrogen) atoms. The Kier molecular flexibility index (Phi) is 3.12. The molecule has 4 rings (SSSR count). The summed E-state index contributed by atoms with van der Waals surface area (Å²) < 4.78 is 0. The molecule has 0 radical (unpaired) electrons. The Bertz CT molecular complexity index is 723. The van der Waals surface area contributed by atoms with Crippen molar-refractivity contribution in [3.05, 3.63) is 58.7 Å². The third-order valence-electron chi connectivity index (χ3n) is 5.46. The summed E-state index contributed by atoms with van der Waals surface area (Å²) in [5.41, 5.74) is 19.3. The van der Waals surface area contributed by atoms with E-state index in [1.54, 1.807) is 0 Å². The molecule has 2 aromatic rings. The van der Waals surface area contributed by atoms with Crippen molar-refractivity contribution >= 4 is 11.4 Å². The zero-order chi connectivity index (χ0) is 15.3. The summed E-state index contributed by atoms with van der Waals surface area (Å²) in [6, 6.07) is 13.7. The van der Waals surface area contributed by atoms with Crippen LogP contribution in [0.3, 0.4) is 0 Å². The van der Waals surface area contributed by atoms with Crippen molar-refractivity contribution in [2.45, 2.75) is 31.2 Å². The SMILES string of the molecule is CN1CCc2cc(N)c(N)cc2[C@H]2c3ccccc3CC[C@@H]21. The molecule has 0 aromatic heterocycles. The first kappa shape index (κ1) is 13.6. The molecular formula is C19H23N3. The highest BCUT2D eigenvalue weighted by molar-refractivity contribution is 5.67. The Hall–Kier alpha value is -2.00. The van der Waals surface area contributed by atoms with Crippen LogP contribution < -0.4 is 11.5 Å². The lowest BCUT2D eigenvalue weighted by molar-refractivity contribution is 0.214. The van der Waals surface area contributed by atoms with E-state index in [1.807, 2.05) is 0 Å². The molecule has 1 aliphatic carbocycles. The summed E-state index contributed by atoms with van der Waals surface area (Å²) in [7, 11) is 2.25. The topological polar surface area (TPSA) is 55.3 Å². The van der Waals surface area contributed by atoms with Crippen molar-refractivity contribution < 1.29 is 0 Å². The van der Waals surface area contributed by atoms with Crippen LogP contribution in [0.4, 0.5) is 11.4 Å². The van der Waals surface area contributed by atoms with Gasteiger partial charge in [-0.3, -0.25) is 0 Å². The lowest BCUT2D eigenvalue weighted by atomic mass is 9.74. The van der Waals surface area contributed by atoms with Crippen molar-refractivity contribution in [1.29, 1.82) is 0 Å². The van der Waals surface area contributed by atoms with Gasteiger partial charge in [0, 0.05) is 18.5 Å². The van der Waals surface area contributed by atoms with Gasteiger partial charge in [0.2, 0.25) is 0 Å². The molecule has 0 saturated heterocycles. The van der Waals surface area contributed by atoms with Crippen molar-refractivity contribution in [2.24, 2.45) is 0 Å². The van der Waals surface area contributed by atoms with Gasteiger partial charge >= 0.3 is 0 Å². The molecule has 2 atom stereocenters. The van der Waals surface area contributed by atoms with Gasteiger partial charge in [0.25, 0.3) is 0 Å². The van der Waals surface area contributed by atoms with Crippen LogP contribution in [0.25, 0.3) is 0 Å². The third kappa shape index (κ3) is 2.00. The van der Waals surface area contributed by atoms with Gasteiger partial charge in [0.1, 0.15) is 0 Å². The predicted molar refractivity (Wildman–Crippen MR) is 92.0 cm³/mol. The fraction of sp³-hybridized carbons (Fsp3) is 0.368. The molecule has 0 bridgehead atoms. The summed E-state index contributed by atoms with van der Waals surface area (Å²) in [6.07, 6.45) is 3.43. The molecule has 2 aliphatic rings. The molecule has 0 spiro atoms. The van der Waals surface area contributed by atoms with Gasteiger partial charge in [0.05, 0.1) is 11.4 Å². The van der Waals surface area contributed by atoms with E-state index in [0.717, 1.165) is 13.0 Å². The Balaban J connectivity index is 1.94. The minimum Gasteiger partial charge on any atom is -0.397 e. The van der Waals surface area contributed by atoms with Crippen molar-refractivity contribution in [3.63, 3.8) is 0 Å². The molecule has 0 unspecified atom stereocenters. The summed E-state index contributed by atoms with van der Waals surface area (Å²) in [6.45, 7) is 1.08. The van der Waals surface area contributed by atoms with Crippen molar-refractivity contribution in [1.82, 2.24) is 4.90 Å². The molecule has 2 aromatic carbocycles. The van der Waals surface area contributed by atoms with Gasteiger partial charge in [-0.15, -0.1) is 0 Å². The highest BCUT2D eigenvalue weighted by Gasteiger charge is 2.36. The number of anilines is 2. The minimum atomic E-state index is 0.412. The zero-order valence-electron chi connectivity index (χ0n) is 13.0. The quantitative estimate of drug-likeness (QED) is 0.734. The number of nitrogen functional groups attached to an aromatic ring is 2. The molecule has 3 heteroatoms. The van der Waals surface area contributed by atoms with E-state index in [4.69, 9.17) is 11.5 Å². The van der Waals surface area contributed by atoms with E-state index < -0.39 is 0 Å². The Morgan fingerprint density at radius 2 is 1.73 bits per heavy atom. The fourth-order valence-electron chi connectivity index (χ4n) is 4.26. The molecule has 0 fully saturated rings. The lowest BCUT2D eigenvalue weighted by Crippen LogP contribution is -2.39. The van der Waals surface area contributed by atoms with Crippen LogP contribution in [0.5, 0.6) is 0 Å². The molecule has 1 aliphatic heterocycles. The summed E-state index contributed by atoms with van der Waals surface area (Å²) >= 11 is 0. The number of nitrogens with zero attached hydrogens (tertiary/aromatic N) is 1. The Morgan fingerprint density at radius 3 is 2.59 bits per heavy atom. The summed E-state index contributed by atoms with van der Waals surface area (Å²) in [4.78, 5) is 2.52. The number of fused-ring (bicyclic) bond motifs is 5. The van der Waals surface area contributed by atoms with Crippen LogP contribution in [-0.4, -0.2) is 24.5 Å². The monoisotopic (exact) mass is 293 g/mol. The lowest BCUT2D eigenvalue weighted by Gasteiger charge is -2.38. The minimum absolute atomic E-state index is 0.412. The molecular weight excluding hydrogens is 270 g/mol. The summed E-state index contributed by atoms with van der Waals surface area (Å²) in [5, 5.41) is 0. The van der Waals surface area contributed by atoms with Crippen LogP contribution in [0.1, 0.15) is 34.6 Å². The second-order valence-electron chi connectivity index (χ2n) is 6.69. The molecule has 3 nitrogen and oxygen atoms in total. The number of rotatable bonds is 0. The number of likely N-dealkylation sites (N-methyl/N-ethyl adjacent to an activating group) is 1. The smallest absolute Gasteiger partial charge is 0.0550 e. The molecule has 0 saturated carbocycles. The van der Waals surface area contributed by atoms with E-state index in [9.17, 15) is 0 Å². The summed E-state index contributed by atoms with van der Waals surface area (Å²) in [5.74, 6) is 0.412. The predicted octanol–water partition coefficient (Wildman–Crippen LogP) is 2.79. The number of nitrogens with two attached hydrogens (primary N) is 2. The van der Waals surface area contributed by atoms with Gasteiger partial charge in [0.15, 0.2) is 0 Å². The second kappa shape index (κ2) is 5.03. The van der Waals surface area contributed by atoms with Gasteiger partial charge in [-0.25, -0.2) is 0 Å². The van der Waals surface area contributed by atoms with Gasteiger partial charge in [-0.05, 0) is 60.7 Å². The first-order valence-corrected chi connectivity index (χ1v) is 8.11. The number of hydrogen-bond acceptors (Lipinski definition) is 3. The maximum Gasteiger partial charge on any atom is 0.0550 e. The van der Waals surface area contributed by atoms with Gasteiger partial charge in [-0.1, -0.05) is 24.3 Å². The third-order valence-corrected chi connectivity index (χ3v) is 5.46. The first-order valence-electron chi connectivity index (χ1n) is 8.11. The van der Waals surface area contributed by atoms with Crippen LogP contribution >= 0.6 is 0 Å².